The number of benzene rings is 1. The molecule has 2 aliphatic rings. The molecule has 1 aromatic rings. The first-order chi connectivity index (χ1) is 9.20. The summed E-state index contributed by atoms with van der Waals surface area (Å²) in [7, 11) is 0. The average Bonchev–Trinajstić information content (AvgIpc) is 2.98. The lowest BCUT2D eigenvalue weighted by molar-refractivity contribution is 0.165. The molecular formula is C16H23ClN2. The number of rotatable bonds is 3. The Balaban J connectivity index is 1.79. The van der Waals surface area contributed by atoms with Crippen molar-refractivity contribution in [1.29, 1.82) is 0 Å². The smallest absolute Gasteiger partial charge is 0.0406 e. The van der Waals surface area contributed by atoms with Gasteiger partial charge in [0.25, 0.3) is 0 Å². The molecule has 0 aromatic heterocycles. The van der Waals surface area contributed by atoms with Crippen LogP contribution in [0.25, 0.3) is 0 Å². The molecule has 4 unspecified atom stereocenters. The van der Waals surface area contributed by atoms with Crippen molar-refractivity contribution < 1.29 is 0 Å². The van der Waals surface area contributed by atoms with Crippen molar-refractivity contribution in [1.82, 2.24) is 10.2 Å². The molecule has 2 nitrogen and oxygen atoms in total. The van der Waals surface area contributed by atoms with Gasteiger partial charge < -0.3 is 5.32 Å². The monoisotopic (exact) mass is 278 g/mol. The molecule has 0 aliphatic carbocycles. The third kappa shape index (κ3) is 2.42. The predicted molar refractivity (Wildman–Crippen MR) is 80.5 cm³/mol. The minimum atomic E-state index is 0.493. The van der Waals surface area contributed by atoms with Gasteiger partial charge >= 0.3 is 0 Å². The zero-order valence-electron chi connectivity index (χ0n) is 11.8. The van der Waals surface area contributed by atoms with Crippen LogP contribution in [-0.4, -0.2) is 30.6 Å². The third-order valence-electron chi connectivity index (χ3n) is 5.03. The highest BCUT2D eigenvalue weighted by molar-refractivity contribution is 6.30. The lowest BCUT2D eigenvalue weighted by atomic mass is 9.92. The number of halogens is 1. The summed E-state index contributed by atoms with van der Waals surface area (Å²) in [5.41, 5.74) is 1.38. The van der Waals surface area contributed by atoms with E-state index in [0.717, 1.165) is 22.9 Å². The van der Waals surface area contributed by atoms with E-state index in [-0.39, 0.29) is 0 Å². The van der Waals surface area contributed by atoms with Crippen LogP contribution >= 0.6 is 11.6 Å². The van der Waals surface area contributed by atoms with E-state index in [0.29, 0.717) is 6.04 Å². The quantitative estimate of drug-likeness (QED) is 0.912. The molecule has 2 heterocycles. The van der Waals surface area contributed by atoms with Crippen LogP contribution in [0.15, 0.2) is 24.3 Å². The molecule has 3 rings (SSSR count). The average molecular weight is 279 g/mol. The van der Waals surface area contributed by atoms with Crippen molar-refractivity contribution in [2.45, 2.75) is 32.4 Å². The molecule has 1 aromatic carbocycles. The van der Waals surface area contributed by atoms with Gasteiger partial charge in [0.1, 0.15) is 0 Å². The van der Waals surface area contributed by atoms with Crippen molar-refractivity contribution in [2.75, 3.05) is 19.6 Å². The summed E-state index contributed by atoms with van der Waals surface area (Å²) in [4.78, 5) is 2.71. The van der Waals surface area contributed by atoms with Gasteiger partial charge in [0, 0.05) is 23.7 Å². The van der Waals surface area contributed by atoms with Gasteiger partial charge in [-0.15, -0.1) is 0 Å². The summed E-state index contributed by atoms with van der Waals surface area (Å²) in [6, 6.07) is 9.58. The Bertz CT molecular complexity index is 431. The minimum absolute atomic E-state index is 0.493. The van der Waals surface area contributed by atoms with E-state index in [1.165, 1.54) is 31.6 Å². The maximum atomic E-state index is 5.99. The van der Waals surface area contributed by atoms with Crippen LogP contribution in [-0.2, 0) is 0 Å². The Morgan fingerprint density at radius 3 is 2.74 bits per heavy atom. The molecule has 2 saturated heterocycles. The van der Waals surface area contributed by atoms with Crippen LogP contribution in [0.5, 0.6) is 0 Å². The second-order valence-corrected chi connectivity index (χ2v) is 6.42. The van der Waals surface area contributed by atoms with E-state index >= 15 is 0 Å². The molecule has 2 aliphatic heterocycles. The molecule has 0 saturated carbocycles. The van der Waals surface area contributed by atoms with Crippen LogP contribution in [0.2, 0.25) is 5.02 Å². The minimum Gasteiger partial charge on any atom is -0.316 e. The van der Waals surface area contributed by atoms with E-state index in [1.54, 1.807) is 0 Å². The highest BCUT2D eigenvalue weighted by Gasteiger charge is 2.44. The van der Waals surface area contributed by atoms with Gasteiger partial charge in [0.05, 0.1) is 0 Å². The van der Waals surface area contributed by atoms with Crippen LogP contribution in [0.1, 0.15) is 31.9 Å². The van der Waals surface area contributed by atoms with Crippen LogP contribution < -0.4 is 5.32 Å². The molecule has 2 fully saturated rings. The van der Waals surface area contributed by atoms with Gasteiger partial charge in [-0.3, -0.25) is 4.90 Å². The number of hydrogen-bond donors (Lipinski definition) is 1. The first-order valence-corrected chi connectivity index (χ1v) is 7.80. The topological polar surface area (TPSA) is 15.3 Å². The third-order valence-corrected chi connectivity index (χ3v) is 5.28. The van der Waals surface area contributed by atoms with E-state index in [2.05, 4.69) is 36.2 Å². The Morgan fingerprint density at radius 2 is 2.05 bits per heavy atom. The zero-order chi connectivity index (χ0) is 13.4. The Hall–Kier alpha value is -0.570. The molecule has 0 spiro atoms. The van der Waals surface area contributed by atoms with E-state index in [4.69, 9.17) is 11.6 Å². The molecule has 104 valence electrons. The molecular weight excluding hydrogens is 256 g/mol. The van der Waals surface area contributed by atoms with Crippen molar-refractivity contribution >= 4 is 11.6 Å². The Morgan fingerprint density at radius 1 is 1.32 bits per heavy atom. The number of nitrogens with zero attached hydrogens (tertiary/aromatic N) is 1. The Labute approximate surface area is 121 Å². The fraction of sp³-hybridized carbons (Fsp3) is 0.625. The summed E-state index contributed by atoms with van der Waals surface area (Å²) in [5.74, 6) is 1.69. The highest BCUT2D eigenvalue weighted by Crippen LogP contribution is 2.39. The molecule has 1 N–H and O–H groups in total. The number of fused-ring (bicyclic) bond motifs is 1. The normalized spacial score (nSPS) is 32.5. The van der Waals surface area contributed by atoms with E-state index in [1.807, 2.05) is 12.1 Å². The number of likely N-dealkylation sites (tertiary alicyclic amines) is 1. The van der Waals surface area contributed by atoms with Gasteiger partial charge in [0.2, 0.25) is 0 Å². The van der Waals surface area contributed by atoms with Gasteiger partial charge in [0.15, 0.2) is 0 Å². The second-order valence-electron chi connectivity index (χ2n) is 5.98. The number of nitrogens with one attached hydrogen (secondary N) is 1. The largest absolute Gasteiger partial charge is 0.316 e. The summed E-state index contributed by atoms with van der Waals surface area (Å²) in [6.07, 6.45) is 1.25. The predicted octanol–water partition coefficient (Wildman–Crippen LogP) is 3.33. The molecule has 0 amide bonds. The maximum absolute atomic E-state index is 5.99. The highest BCUT2D eigenvalue weighted by atomic mass is 35.5. The number of hydrogen-bond acceptors (Lipinski definition) is 2. The van der Waals surface area contributed by atoms with Gasteiger partial charge in [-0.25, -0.2) is 0 Å². The molecule has 4 atom stereocenters. The van der Waals surface area contributed by atoms with Crippen molar-refractivity contribution in [3.8, 4) is 0 Å². The fourth-order valence-corrected chi connectivity index (χ4v) is 4.10. The summed E-state index contributed by atoms with van der Waals surface area (Å²) < 4.78 is 0. The van der Waals surface area contributed by atoms with Gasteiger partial charge in [-0.2, -0.15) is 0 Å². The molecule has 19 heavy (non-hydrogen) atoms. The van der Waals surface area contributed by atoms with Crippen LogP contribution in [0.4, 0.5) is 0 Å². The van der Waals surface area contributed by atoms with Crippen molar-refractivity contribution in [3.05, 3.63) is 34.9 Å². The summed E-state index contributed by atoms with van der Waals surface area (Å²) >= 11 is 5.99. The maximum Gasteiger partial charge on any atom is 0.0406 e. The standard InChI is InChI=1S/C16H23ClN2/c1-3-16-15-9-18-8-13(15)10-19(16)11(2)12-4-6-14(17)7-5-12/h4-7,11,13,15-16,18H,3,8-10H2,1-2H3. The van der Waals surface area contributed by atoms with Crippen LogP contribution in [0, 0.1) is 11.8 Å². The van der Waals surface area contributed by atoms with E-state index in [9.17, 15) is 0 Å². The van der Waals surface area contributed by atoms with E-state index < -0.39 is 0 Å². The molecule has 0 radical (unpaired) electrons. The van der Waals surface area contributed by atoms with Crippen molar-refractivity contribution in [2.24, 2.45) is 11.8 Å². The van der Waals surface area contributed by atoms with Gasteiger partial charge in [-0.05, 0) is 56.0 Å². The molecule has 0 bridgehead atoms. The first kappa shape index (κ1) is 13.4. The second kappa shape index (κ2) is 5.43. The zero-order valence-corrected chi connectivity index (χ0v) is 12.5. The first-order valence-electron chi connectivity index (χ1n) is 7.42. The Kier molecular flexibility index (Phi) is 3.84. The molecule has 3 heteroatoms. The summed E-state index contributed by atoms with van der Waals surface area (Å²) in [5, 5.41) is 4.38. The van der Waals surface area contributed by atoms with Gasteiger partial charge in [-0.1, -0.05) is 30.7 Å². The summed E-state index contributed by atoms with van der Waals surface area (Å²) in [6.45, 7) is 8.30. The lowest BCUT2D eigenvalue weighted by Gasteiger charge is -2.32. The van der Waals surface area contributed by atoms with Crippen molar-refractivity contribution in [3.63, 3.8) is 0 Å². The lowest BCUT2D eigenvalue weighted by Crippen LogP contribution is -2.36. The SMILES string of the molecule is CCC1C2CNCC2CN1C(C)c1ccc(Cl)cc1. The fourth-order valence-electron chi connectivity index (χ4n) is 3.97. The van der Waals surface area contributed by atoms with Crippen LogP contribution in [0.3, 0.4) is 0 Å².